The van der Waals surface area contributed by atoms with Crippen molar-refractivity contribution in [3.63, 3.8) is 0 Å². The van der Waals surface area contributed by atoms with Crippen LogP contribution in [0.4, 0.5) is 5.69 Å². The second kappa shape index (κ2) is 11.6. The summed E-state index contributed by atoms with van der Waals surface area (Å²) in [5.41, 5.74) is 6.38. The quantitative estimate of drug-likeness (QED) is 0.306. The molecule has 0 aromatic heterocycles. The highest BCUT2D eigenvalue weighted by atomic mass is 16.6. The second-order valence-electron chi connectivity index (χ2n) is 6.88. The van der Waals surface area contributed by atoms with Crippen LogP contribution in [0.3, 0.4) is 0 Å². The highest BCUT2D eigenvalue weighted by molar-refractivity contribution is 5.90. The average molecular weight is 443 g/mol. The van der Waals surface area contributed by atoms with Gasteiger partial charge >= 0.3 is 5.97 Å². The van der Waals surface area contributed by atoms with E-state index in [-0.39, 0.29) is 18.7 Å². The van der Waals surface area contributed by atoms with Crippen LogP contribution < -0.4 is 11.1 Å². The molecule has 0 heterocycles. The number of carbonyl (C=O) groups is 3. The zero-order chi connectivity index (χ0) is 23.7. The van der Waals surface area contributed by atoms with Gasteiger partial charge in [-0.2, -0.15) is 0 Å². The molecule has 10 heteroatoms. The number of hydrogen-bond acceptors (Lipinski definition) is 7. The number of nitro benzene ring substituents is 1. The number of ether oxygens (including phenoxy) is 2. The molecule has 2 amide bonds. The minimum atomic E-state index is -1.30. The summed E-state index contributed by atoms with van der Waals surface area (Å²) in [6, 6.07) is 12.7. The molecular formula is C22H25N3O7. The number of nitrogens with two attached hydrogens (primary N) is 1. The first-order chi connectivity index (χ1) is 15.3. The van der Waals surface area contributed by atoms with E-state index in [9.17, 15) is 24.5 Å². The van der Waals surface area contributed by atoms with E-state index in [1.807, 2.05) is 0 Å². The summed E-state index contributed by atoms with van der Waals surface area (Å²) in [5.74, 6) is -3.03. The van der Waals surface area contributed by atoms with E-state index in [1.54, 1.807) is 37.3 Å². The van der Waals surface area contributed by atoms with Crippen molar-refractivity contribution in [1.29, 1.82) is 0 Å². The number of non-ortho nitro benzene ring substituents is 1. The van der Waals surface area contributed by atoms with Crippen LogP contribution in [0.2, 0.25) is 0 Å². The monoisotopic (exact) mass is 443 g/mol. The van der Waals surface area contributed by atoms with Gasteiger partial charge in [-0.1, -0.05) is 42.5 Å². The van der Waals surface area contributed by atoms with E-state index in [4.69, 9.17) is 15.2 Å². The number of rotatable bonds is 11. The lowest BCUT2D eigenvalue weighted by Crippen LogP contribution is -2.50. The van der Waals surface area contributed by atoms with Gasteiger partial charge in [0.15, 0.2) is 6.10 Å². The Hall–Kier alpha value is -3.79. The van der Waals surface area contributed by atoms with Crippen molar-refractivity contribution in [2.24, 2.45) is 5.73 Å². The van der Waals surface area contributed by atoms with Gasteiger partial charge in [-0.3, -0.25) is 24.5 Å². The molecule has 3 atom stereocenters. The fourth-order valence-electron chi connectivity index (χ4n) is 3.29. The molecule has 0 aliphatic carbocycles. The smallest absolute Gasteiger partial charge is 0.306 e. The standard InChI is InChI=1S/C22H25N3O7/c1-3-32-18(26)13-17(14-9-11-16(12-10-14)25(29)30)19(21(23)27)24-22(28)20(31-2)15-7-5-4-6-8-15/h4-12,17,19-20H,3,13H2,1-2H3,(H2,23,27)(H,24,28)/t17-,19-,20-/m1/s1. The van der Waals surface area contributed by atoms with Crippen molar-refractivity contribution < 1.29 is 28.8 Å². The number of amides is 2. The molecule has 2 rings (SSSR count). The number of nitro groups is 1. The molecule has 0 saturated heterocycles. The maximum Gasteiger partial charge on any atom is 0.306 e. The number of hydrogen-bond donors (Lipinski definition) is 2. The molecule has 170 valence electrons. The molecule has 0 aliphatic heterocycles. The third-order valence-electron chi connectivity index (χ3n) is 4.81. The lowest BCUT2D eigenvalue weighted by molar-refractivity contribution is -0.384. The Balaban J connectivity index is 2.37. The number of benzene rings is 2. The van der Waals surface area contributed by atoms with Gasteiger partial charge in [-0.25, -0.2) is 0 Å². The van der Waals surface area contributed by atoms with Crippen LogP contribution in [-0.4, -0.2) is 42.5 Å². The van der Waals surface area contributed by atoms with Gasteiger partial charge in [0.05, 0.1) is 18.0 Å². The van der Waals surface area contributed by atoms with Crippen molar-refractivity contribution in [2.45, 2.75) is 31.4 Å². The highest BCUT2D eigenvalue weighted by Gasteiger charge is 2.34. The van der Waals surface area contributed by atoms with Crippen molar-refractivity contribution >= 4 is 23.5 Å². The van der Waals surface area contributed by atoms with Crippen LogP contribution >= 0.6 is 0 Å². The third kappa shape index (κ3) is 6.35. The van der Waals surface area contributed by atoms with Gasteiger partial charge in [-0.05, 0) is 18.1 Å². The molecule has 0 saturated carbocycles. The summed E-state index contributed by atoms with van der Waals surface area (Å²) < 4.78 is 10.3. The van der Waals surface area contributed by atoms with Crippen molar-refractivity contribution in [2.75, 3.05) is 13.7 Å². The highest BCUT2D eigenvalue weighted by Crippen LogP contribution is 2.27. The summed E-state index contributed by atoms with van der Waals surface area (Å²) in [6.07, 6.45) is -1.29. The second-order valence-corrected chi connectivity index (χ2v) is 6.88. The first-order valence-corrected chi connectivity index (χ1v) is 9.85. The third-order valence-corrected chi connectivity index (χ3v) is 4.81. The average Bonchev–Trinajstić information content (AvgIpc) is 2.77. The summed E-state index contributed by atoms with van der Waals surface area (Å²) >= 11 is 0. The molecule has 0 bridgehead atoms. The Bertz CT molecular complexity index is 948. The molecule has 0 radical (unpaired) electrons. The van der Waals surface area contributed by atoms with Crippen LogP contribution in [-0.2, 0) is 23.9 Å². The Kier molecular flexibility index (Phi) is 8.84. The van der Waals surface area contributed by atoms with Crippen LogP contribution in [0.1, 0.15) is 36.5 Å². The molecule has 32 heavy (non-hydrogen) atoms. The zero-order valence-electron chi connectivity index (χ0n) is 17.7. The maximum atomic E-state index is 12.9. The molecule has 0 spiro atoms. The lowest BCUT2D eigenvalue weighted by atomic mass is 9.87. The number of nitrogens with zero attached hydrogens (tertiary/aromatic N) is 1. The first kappa shape index (κ1) is 24.5. The first-order valence-electron chi connectivity index (χ1n) is 9.85. The molecular weight excluding hydrogens is 418 g/mol. The Morgan fingerprint density at radius 1 is 1.06 bits per heavy atom. The Morgan fingerprint density at radius 3 is 2.19 bits per heavy atom. The number of primary amides is 1. The van der Waals surface area contributed by atoms with Crippen LogP contribution in [0.5, 0.6) is 0 Å². The predicted molar refractivity (Wildman–Crippen MR) is 114 cm³/mol. The summed E-state index contributed by atoms with van der Waals surface area (Å²) in [4.78, 5) is 47.8. The minimum absolute atomic E-state index is 0.124. The van der Waals surface area contributed by atoms with Crippen LogP contribution in [0, 0.1) is 10.1 Å². The van der Waals surface area contributed by atoms with E-state index in [0.717, 1.165) is 0 Å². The number of carbonyl (C=O) groups excluding carboxylic acids is 3. The van der Waals surface area contributed by atoms with Crippen molar-refractivity contribution in [3.05, 3.63) is 75.8 Å². The normalized spacial score (nSPS) is 13.4. The van der Waals surface area contributed by atoms with Gasteiger partial charge in [0.1, 0.15) is 6.04 Å². The Morgan fingerprint density at radius 2 is 1.69 bits per heavy atom. The van der Waals surface area contributed by atoms with Gasteiger partial charge in [0.2, 0.25) is 5.91 Å². The van der Waals surface area contributed by atoms with E-state index < -0.39 is 40.8 Å². The van der Waals surface area contributed by atoms with Crippen molar-refractivity contribution in [3.8, 4) is 0 Å². The van der Waals surface area contributed by atoms with E-state index in [0.29, 0.717) is 11.1 Å². The van der Waals surface area contributed by atoms with E-state index in [2.05, 4.69) is 5.32 Å². The number of esters is 1. The fraction of sp³-hybridized carbons (Fsp3) is 0.318. The number of methoxy groups -OCH3 is 1. The van der Waals surface area contributed by atoms with E-state index in [1.165, 1.54) is 31.4 Å². The molecule has 0 unspecified atom stereocenters. The van der Waals surface area contributed by atoms with Gasteiger partial charge in [0, 0.05) is 25.2 Å². The molecule has 10 nitrogen and oxygen atoms in total. The van der Waals surface area contributed by atoms with Crippen LogP contribution in [0.15, 0.2) is 54.6 Å². The van der Waals surface area contributed by atoms with Gasteiger partial charge in [-0.15, -0.1) is 0 Å². The number of nitrogens with one attached hydrogen (secondary N) is 1. The van der Waals surface area contributed by atoms with E-state index >= 15 is 0 Å². The topological polar surface area (TPSA) is 151 Å². The SMILES string of the molecule is CCOC(=O)C[C@H](c1ccc([N+](=O)[O-])cc1)[C@@H](NC(=O)[C@H](OC)c1ccccc1)C(N)=O. The molecule has 3 N–H and O–H groups in total. The Labute approximate surface area is 184 Å². The van der Waals surface area contributed by atoms with Crippen LogP contribution in [0.25, 0.3) is 0 Å². The summed E-state index contributed by atoms with van der Waals surface area (Å²) in [7, 11) is 1.35. The summed E-state index contributed by atoms with van der Waals surface area (Å²) in [6.45, 7) is 1.76. The van der Waals surface area contributed by atoms with Gasteiger partial charge < -0.3 is 20.5 Å². The predicted octanol–water partition coefficient (Wildman–Crippen LogP) is 1.99. The molecule has 2 aromatic carbocycles. The van der Waals surface area contributed by atoms with Gasteiger partial charge in [0.25, 0.3) is 11.6 Å². The summed E-state index contributed by atoms with van der Waals surface area (Å²) in [5, 5.41) is 13.5. The molecule has 0 aliphatic rings. The molecule has 0 fully saturated rings. The largest absolute Gasteiger partial charge is 0.466 e. The molecule has 2 aromatic rings. The maximum absolute atomic E-state index is 12.9. The van der Waals surface area contributed by atoms with Crippen molar-refractivity contribution in [1.82, 2.24) is 5.32 Å². The fourth-order valence-corrected chi connectivity index (χ4v) is 3.29. The zero-order valence-corrected chi connectivity index (χ0v) is 17.7. The minimum Gasteiger partial charge on any atom is -0.466 e. The lowest BCUT2D eigenvalue weighted by Gasteiger charge is -2.27.